The van der Waals surface area contributed by atoms with Crippen LogP contribution in [0.2, 0.25) is 0 Å². The minimum absolute atomic E-state index is 1.11. The summed E-state index contributed by atoms with van der Waals surface area (Å²) in [5.74, 6) is 0. The Morgan fingerprint density at radius 1 is 0.147 bits per heavy atom. The molecule has 68 heavy (non-hydrogen) atoms. The Balaban J connectivity index is 0.810. The molecule has 0 aliphatic rings. The predicted molar refractivity (Wildman–Crippen MR) is 292 cm³/mol. The van der Waals surface area contributed by atoms with E-state index in [2.05, 4.69) is 277 Å². The number of benzene rings is 13. The van der Waals surface area contributed by atoms with E-state index in [0.717, 1.165) is 34.1 Å². The monoisotopic (exact) mass is 864 g/mol. The van der Waals surface area contributed by atoms with Crippen LogP contribution in [0.25, 0.3) is 86.9 Å². The van der Waals surface area contributed by atoms with Gasteiger partial charge in [0.15, 0.2) is 0 Å². The lowest BCUT2D eigenvalue weighted by molar-refractivity contribution is 1.29. The molecule has 0 atom stereocenters. The van der Waals surface area contributed by atoms with Gasteiger partial charge >= 0.3 is 0 Å². The van der Waals surface area contributed by atoms with Crippen LogP contribution in [0.15, 0.2) is 267 Å². The van der Waals surface area contributed by atoms with E-state index in [1.54, 1.807) is 0 Å². The van der Waals surface area contributed by atoms with Crippen LogP contribution in [0.1, 0.15) is 0 Å². The van der Waals surface area contributed by atoms with Crippen LogP contribution in [0.3, 0.4) is 0 Å². The Labute approximate surface area is 395 Å². The molecule has 0 bridgehead atoms. The molecular formula is C66H44N2. The van der Waals surface area contributed by atoms with Crippen LogP contribution in [0, 0.1) is 0 Å². The average Bonchev–Trinajstić information content (AvgIpc) is 3.42. The summed E-state index contributed by atoms with van der Waals surface area (Å²) >= 11 is 0. The molecular weight excluding hydrogens is 821 g/mol. The van der Waals surface area contributed by atoms with Crippen molar-refractivity contribution in [3.8, 4) is 22.3 Å². The molecule has 0 N–H and O–H groups in total. The molecule has 0 spiro atoms. The minimum atomic E-state index is 1.11. The second-order valence-corrected chi connectivity index (χ2v) is 17.7. The molecule has 0 heterocycles. The predicted octanol–water partition coefficient (Wildman–Crippen LogP) is 18.9. The van der Waals surface area contributed by atoms with Crippen LogP contribution in [-0.4, -0.2) is 0 Å². The van der Waals surface area contributed by atoms with Gasteiger partial charge in [0.2, 0.25) is 0 Å². The molecule has 0 radical (unpaired) electrons. The maximum atomic E-state index is 2.36. The van der Waals surface area contributed by atoms with Gasteiger partial charge in [-0.05, 0) is 160 Å². The zero-order valence-corrected chi connectivity index (χ0v) is 37.3. The van der Waals surface area contributed by atoms with Crippen molar-refractivity contribution in [1.82, 2.24) is 0 Å². The number of hydrogen-bond acceptors (Lipinski definition) is 2. The smallest absolute Gasteiger partial charge is 0.0468 e. The summed E-state index contributed by atoms with van der Waals surface area (Å²) in [6, 6.07) is 97.3. The average molecular weight is 865 g/mol. The van der Waals surface area contributed by atoms with Crippen LogP contribution in [0.4, 0.5) is 34.1 Å². The SMILES string of the molecule is c1ccc(N(c2ccc(-c3ccc(-c4ccc(N(c5ccccc5)c5ccc6c7ccccc7c7ccccc7c6c5)cc4)cc3)cc2)c2ccc3c4ccccc4c4ccccc4c3c2)cc1. The highest BCUT2D eigenvalue weighted by Gasteiger charge is 2.18. The molecule has 0 unspecified atom stereocenters. The van der Waals surface area contributed by atoms with Gasteiger partial charge in [-0.1, -0.05) is 194 Å². The van der Waals surface area contributed by atoms with Gasteiger partial charge in [-0.15, -0.1) is 0 Å². The Kier molecular flexibility index (Phi) is 9.54. The van der Waals surface area contributed by atoms with E-state index in [9.17, 15) is 0 Å². The molecule has 2 heteroatoms. The summed E-state index contributed by atoms with van der Waals surface area (Å²) in [7, 11) is 0. The molecule has 0 amide bonds. The van der Waals surface area contributed by atoms with E-state index < -0.39 is 0 Å². The second-order valence-electron chi connectivity index (χ2n) is 17.7. The highest BCUT2D eigenvalue weighted by molar-refractivity contribution is 6.27. The van der Waals surface area contributed by atoms with Crippen molar-refractivity contribution in [2.75, 3.05) is 9.80 Å². The first-order valence-corrected chi connectivity index (χ1v) is 23.4. The molecule has 0 aromatic heterocycles. The lowest BCUT2D eigenvalue weighted by atomic mass is 9.94. The van der Waals surface area contributed by atoms with Gasteiger partial charge < -0.3 is 9.80 Å². The number of rotatable bonds is 8. The number of para-hydroxylation sites is 2. The highest BCUT2D eigenvalue weighted by Crippen LogP contribution is 2.43. The Morgan fingerprint density at radius 2 is 0.353 bits per heavy atom. The normalized spacial score (nSPS) is 11.5. The molecule has 2 nitrogen and oxygen atoms in total. The van der Waals surface area contributed by atoms with Crippen molar-refractivity contribution in [2.24, 2.45) is 0 Å². The lowest BCUT2D eigenvalue weighted by Crippen LogP contribution is -2.09. The number of nitrogens with zero attached hydrogens (tertiary/aromatic N) is 2. The topological polar surface area (TPSA) is 6.48 Å². The standard InChI is InChI=1S/C66H44N2/c1-3-15-49(16-4-1)67(53-39-41-63-59-23-9-7-19-55(59)57-21-11-13-25-61(57)65(63)43-53)51-35-31-47(32-36-51)45-27-29-46(30-28-45)48-33-37-52(38-34-48)68(50-17-5-2-6-18-50)54-40-42-64-60-24-10-8-20-56(60)58-22-12-14-26-62(58)66(64)44-54/h1-44H. The van der Waals surface area contributed by atoms with Crippen LogP contribution in [0.5, 0.6) is 0 Å². The summed E-state index contributed by atoms with van der Waals surface area (Å²) in [4.78, 5) is 4.73. The molecule has 13 rings (SSSR count). The van der Waals surface area contributed by atoms with Crippen molar-refractivity contribution < 1.29 is 0 Å². The first kappa shape index (κ1) is 39.4. The van der Waals surface area contributed by atoms with Gasteiger partial charge in [-0.3, -0.25) is 0 Å². The fourth-order valence-electron chi connectivity index (χ4n) is 10.6. The quantitative estimate of drug-likeness (QED) is 0.140. The van der Waals surface area contributed by atoms with E-state index in [1.165, 1.54) is 86.9 Å². The summed E-state index contributed by atoms with van der Waals surface area (Å²) in [5.41, 5.74) is 11.4. The zero-order chi connectivity index (χ0) is 45.0. The highest BCUT2D eigenvalue weighted by atomic mass is 15.1. The second kappa shape index (κ2) is 16.5. The number of anilines is 6. The maximum Gasteiger partial charge on any atom is 0.0468 e. The zero-order valence-electron chi connectivity index (χ0n) is 37.3. The van der Waals surface area contributed by atoms with E-state index >= 15 is 0 Å². The van der Waals surface area contributed by atoms with E-state index in [1.807, 2.05) is 0 Å². The first-order valence-electron chi connectivity index (χ1n) is 23.4. The summed E-state index contributed by atoms with van der Waals surface area (Å²) in [5, 5.41) is 15.3. The van der Waals surface area contributed by atoms with Gasteiger partial charge in [0.25, 0.3) is 0 Å². The first-order chi connectivity index (χ1) is 33.7. The molecule has 0 saturated heterocycles. The Bertz CT molecular complexity index is 3660. The number of hydrogen-bond donors (Lipinski definition) is 0. The summed E-state index contributed by atoms with van der Waals surface area (Å²) in [6.45, 7) is 0. The van der Waals surface area contributed by atoms with Crippen molar-refractivity contribution in [2.45, 2.75) is 0 Å². The molecule has 0 aliphatic heterocycles. The van der Waals surface area contributed by atoms with E-state index in [4.69, 9.17) is 0 Å². The van der Waals surface area contributed by atoms with Crippen molar-refractivity contribution in [3.63, 3.8) is 0 Å². The Morgan fingerprint density at radius 3 is 0.647 bits per heavy atom. The molecule has 0 fully saturated rings. The number of fused-ring (bicyclic) bond motifs is 12. The lowest BCUT2D eigenvalue weighted by Gasteiger charge is -2.26. The fourth-order valence-corrected chi connectivity index (χ4v) is 10.6. The third kappa shape index (κ3) is 6.73. The maximum absolute atomic E-state index is 2.36. The third-order valence-electron chi connectivity index (χ3n) is 13.8. The van der Waals surface area contributed by atoms with Gasteiger partial charge in [-0.2, -0.15) is 0 Å². The molecule has 318 valence electrons. The summed E-state index contributed by atoms with van der Waals surface area (Å²) in [6.07, 6.45) is 0. The molecule has 13 aromatic carbocycles. The van der Waals surface area contributed by atoms with Crippen molar-refractivity contribution in [3.05, 3.63) is 267 Å². The van der Waals surface area contributed by atoms with E-state index in [-0.39, 0.29) is 0 Å². The van der Waals surface area contributed by atoms with Gasteiger partial charge in [-0.25, -0.2) is 0 Å². The Hall–Kier alpha value is -8.98. The molecule has 13 aromatic rings. The fraction of sp³-hybridized carbons (Fsp3) is 0. The van der Waals surface area contributed by atoms with Crippen molar-refractivity contribution in [1.29, 1.82) is 0 Å². The van der Waals surface area contributed by atoms with Crippen LogP contribution in [-0.2, 0) is 0 Å². The van der Waals surface area contributed by atoms with Gasteiger partial charge in [0.1, 0.15) is 0 Å². The molecule has 0 saturated carbocycles. The van der Waals surface area contributed by atoms with Gasteiger partial charge in [0.05, 0.1) is 0 Å². The van der Waals surface area contributed by atoms with Crippen molar-refractivity contribution >= 4 is 98.8 Å². The largest absolute Gasteiger partial charge is 0.310 e. The summed E-state index contributed by atoms with van der Waals surface area (Å²) < 4.78 is 0. The van der Waals surface area contributed by atoms with Gasteiger partial charge in [0, 0.05) is 34.1 Å². The minimum Gasteiger partial charge on any atom is -0.310 e. The van der Waals surface area contributed by atoms with Crippen LogP contribution < -0.4 is 9.80 Å². The third-order valence-corrected chi connectivity index (χ3v) is 13.8. The molecule has 0 aliphatic carbocycles. The van der Waals surface area contributed by atoms with Crippen LogP contribution >= 0.6 is 0 Å². The van der Waals surface area contributed by atoms with E-state index in [0.29, 0.717) is 0 Å².